The Bertz CT molecular complexity index is 587. The van der Waals surface area contributed by atoms with Gasteiger partial charge in [-0.1, -0.05) is 25.5 Å². The Hall–Kier alpha value is -1.35. The van der Waals surface area contributed by atoms with E-state index in [0.29, 0.717) is 5.96 Å². The number of anilines is 1. The molecule has 1 aromatic carbocycles. The number of nitrogens with zero attached hydrogens (tertiary/aromatic N) is 2. The molecule has 1 aliphatic rings. The van der Waals surface area contributed by atoms with Gasteiger partial charge in [0.05, 0.1) is 0 Å². The smallest absolute Gasteiger partial charge is 0.246 e. The van der Waals surface area contributed by atoms with Gasteiger partial charge in [-0.3, -0.25) is 4.79 Å². The maximum atomic E-state index is 12.2. The monoisotopic (exact) mass is 487 g/mol. The molecule has 7 heteroatoms. The van der Waals surface area contributed by atoms with Gasteiger partial charge in [0.25, 0.3) is 0 Å². The molecule has 1 fully saturated rings. The number of amides is 1. The van der Waals surface area contributed by atoms with Crippen LogP contribution in [0.2, 0.25) is 0 Å². The molecule has 152 valence electrons. The van der Waals surface area contributed by atoms with E-state index in [2.05, 4.69) is 38.8 Å². The van der Waals surface area contributed by atoms with E-state index in [-0.39, 0.29) is 36.4 Å². The van der Waals surface area contributed by atoms with Gasteiger partial charge in [0.15, 0.2) is 5.96 Å². The lowest BCUT2D eigenvalue weighted by atomic mass is 10.1. The van der Waals surface area contributed by atoms with Crippen LogP contribution in [0.1, 0.15) is 38.7 Å². The highest BCUT2D eigenvalue weighted by Gasteiger charge is 2.09. The number of carbonyl (C=O) groups is 1. The second-order valence-electron chi connectivity index (χ2n) is 6.63. The van der Waals surface area contributed by atoms with Crippen molar-refractivity contribution in [3.63, 3.8) is 0 Å². The predicted octanol–water partition coefficient (Wildman–Crippen LogP) is 2.85. The maximum absolute atomic E-state index is 12.2. The summed E-state index contributed by atoms with van der Waals surface area (Å²) in [6.07, 6.45) is 4.90. The van der Waals surface area contributed by atoms with E-state index < -0.39 is 0 Å². The van der Waals surface area contributed by atoms with Gasteiger partial charge in [-0.05, 0) is 57.0 Å². The summed E-state index contributed by atoms with van der Waals surface area (Å²) in [4.78, 5) is 19.0. The SMILES string of the molecule is CCNC(=NCC(=O)Nc1cccc(CC)c1)NCCN1CCCCC1.I. The number of hydrogen-bond donors (Lipinski definition) is 3. The van der Waals surface area contributed by atoms with Crippen LogP contribution in [0.4, 0.5) is 5.69 Å². The first-order chi connectivity index (χ1) is 12.7. The van der Waals surface area contributed by atoms with Crippen molar-refractivity contribution in [2.45, 2.75) is 39.5 Å². The van der Waals surface area contributed by atoms with Crippen molar-refractivity contribution in [3.8, 4) is 0 Å². The molecule has 0 unspecified atom stereocenters. The van der Waals surface area contributed by atoms with E-state index in [4.69, 9.17) is 0 Å². The lowest BCUT2D eigenvalue weighted by molar-refractivity contribution is -0.114. The Kier molecular flexibility index (Phi) is 12.1. The normalized spacial score (nSPS) is 15.0. The molecule has 0 aliphatic carbocycles. The molecule has 0 aromatic heterocycles. The van der Waals surface area contributed by atoms with E-state index in [1.165, 1.54) is 37.9 Å². The molecule has 0 spiro atoms. The topological polar surface area (TPSA) is 68.8 Å². The number of benzene rings is 1. The number of halogens is 1. The molecule has 1 amide bonds. The van der Waals surface area contributed by atoms with Gasteiger partial charge in [-0.2, -0.15) is 0 Å². The standard InChI is InChI=1S/C20H33N5O.HI/c1-3-17-9-8-10-18(15-17)24-19(26)16-23-20(21-4-2)22-11-14-25-12-6-5-7-13-25;/h8-10,15H,3-7,11-14,16H2,1-2H3,(H,24,26)(H2,21,22,23);1H. The van der Waals surface area contributed by atoms with Crippen LogP contribution in [0, 0.1) is 0 Å². The van der Waals surface area contributed by atoms with Gasteiger partial charge >= 0.3 is 0 Å². The molecule has 3 N–H and O–H groups in total. The van der Waals surface area contributed by atoms with Crippen LogP contribution in [0.5, 0.6) is 0 Å². The van der Waals surface area contributed by atoms with Gasteiger partial charge in [0.1, 0.15) is 6.54 Å². The Balaban J connectivity index is 0.00000364. The van der Waals surface area contributed by atoms with Crippen LogP contribution >= 0.6 is 24.0 Å². The van der Waals surface area contributed by atoms with Gasteiger partial charge in [0.2, 0.25) is 5.91 Å². The van der Waals surface area contributed by atoms with Crippen LogP contribution in [0.25, 0.3) is 0 Å². The molecule has 2 rings (SSSR count). The zero-order chi connectivity index (χ0) is 18.6. The molecule has 1 aliphatic heterocycles. The Morgan fingerprint density at radius 3 is 2.63 bits per heavy atom. The predicted molar refractivity (Wildman–Crippen MR) is 124 cm³/mol. The van der Waals surface area contributed by atoms with E-state index in [1.54, 1.807) is 0 Å². The van der Waals surface area contributed by atoms with Gasteiger partial charge in [-0.15, -0.1) is 24.0 Å². The molecule has 27 heavy (non-hydrogen) atoms. The second kappa shape index (κ2) is 13.8. The Labute approximate surface area is 180 Å². The molecule has 0 saturated carbocycles. The molecular formula is C20H34IN5O. The fourth-order valence-electron chi connectivity index (χ4n) is 3.08. The highest BCUT2D eigenvalue weighted by molar-refractivity contribution is 14.0. The first kappa shape index (κ1) is 23.7. The summed E-state index contributed by atoms with van der Waals surface area (Å²) in [5, 5.41) is 9.43. The van der Waals surface area contributed by atoms with Crippen molar-refractivity contribution in [3.05, 3.63) is 29.8 Å². The van der Waals surface area contributed by atoms with Gasteiger partial charge < -0.3 is 20.9 Å². The van der Waals surface area contributed by atoms with Crippen LogP contribution in [0.3, 0.4) is 0 Å². The molecular weight excluding hydrogens is 453 g/mol. The summed E-state index contributed by atoms with van der Waals surface area (Å²) in [5.74, 6) is 0.591. The van der Waals surface area contributed by atoms with Crippen LogP contribution in [-0.2, 0) is 11.2 Å². The first-order valence-electron chi connectivity index (χ1n) is 9.84. The number of aryl methyl sites for hydroxylation is 1. The zero-order valence-electron chi connectivity index (χ0n) is 16.6. The molecule has 1 saturated heterocycles. The number of likely N-dealkylation sites (tertiary alicyclic amines) is 1. The summed E-state index contributed by atoms with van der Waals surface area (Å²) < 4.78 is 0. The highest BCUT2D eigenvalue weighted by Crippen LogP contribution is 2.11. The quantitative estimate of drug-likeness (QED) is 0.300. The average molecular weight is 487 g/mol. The van der Waals surface area contributed by atoms with Gasteiger partial charge in [-0.25, -0.2) is 4.99 Å². The third-order valence-electron chi connectivity index (χ3n) is 4.51. The van der Waals surface area contributed by atoms with Crippen LogP contribution < -0.4 is 16.0 Å². The highest BCUT2D eigenvalue weighted by atomic mass is 127. The van der Waals surface area contributed by atoms with Crippen molar-refractivity contribution in [2.24, 2.45) is 4.99 Å². The van der Waals surface area contributed by atoms with Crippen molar-refractivity contribution in [2.75, 3.05) is 44.6 Å². The van der Waals surface area contributed by atoms with E-state index >= 15 is 0 Å². The lowest BCUT2D eigenvalue weighted by Gasteiger charge is -2.26. The molecule has 0 radical (unpaired) electrons. The van der Waals surface area contributed by atoms with E-state index in [1.807, 2.05) is 25.1 Å². The third kappa shape index (κ3) is 9.41. The minimum atomic E-state index is -0.105. The van der Waals surface area contributed by atoms with E-state index in [9.17, 15) is 4.79 Å². The van der Waals surface area contributed by atoms with Crippen molar-refractivity contribution in [1.29, 1.82) is 0 Å². The molecule has 1 heterocycles. The Morgan fingerprint density at radius 2 is 1.93 bits per heavy atom. The lowest BCUT2D eigenvalue weighted by Crippen LogP contribution is -2.43. The number of carbonyl (C=O) groups excluding carboxylic acids is 1. The summed E-state index contributed by atoms with van der Waals surface area (Å²) >= 11 is 0. The number of nitrogens with one attached hydrogen (secondary N) is 3. The number of aliphatic imine (C=N–C) groups is 1. The zero-order valence-corrected chi connectivity index (χ0v) is 18.9. The number of guanidine groups is 1. The number of hydrogen-bond acceptors (Lipinski definition) is 3. The molecule has 6 nitrogen and oxygen atoms in total. The fraction of sp³-hybridized carbons (Fsp3) is 0.600. The van der Waals surface area contributed by atoms with Crippen molar-refractivity contribution in [1.82, 2.24) is 15.5 Å². The number of rotatable bonds is 8. The summed E-state index contributed by atoms with van der Waals surface area (Å²) in [6, 6.07) is 7.93. The van der Waals surface area contributed by atoms with Crippen molar-refractivity contribution >= 4 is 41.5 Å². The molecule has 0 atom stereocenters. The van der Waals surface area contributed by atoms with E-state index in [0.717, 1.165) is 31.7 Å². The first-order valence-corrected chi connectivity index (χ1v) is 9.84. The summed E-state index contributed by atoms with van der Waals surface area (Å²) in [5.41, 5.74) is 2.03. The van der Waals surface area contributed by atoms with Crippen LogP contribution in [-0.4, -0.2) is 56.0 Å². The minimum absolute atomic E-state index is 0. The fourth-order valence-corrected chi connectivity index (χ4v) is 3.08. The summed E-state index contributed by atoms with van der Waals surface area (Å²) in [7, 11) is 0. The number of piperidine rings is 1. The third-order valence-corrected chi connectivity index (χ3v) is 4.51. The van der Waals surface area contributed by atoms with Crippen molar-refractivity contribution < 1.29 is 4.79 Å². The maximum Gasteiger partial charge on any atom is 0.246 e. The molecule has 0 bridgehead atoms. The minimum Gasteiger partial charge on any atom is -0.357 e. The van der Waals surface area contributed by atoms with Crippen LogP contribution in [0.15, 0.2) is 29.3 Å². The average Bonchev–Trinajstić information content (AvgIpc) is 2.67. The molecule has 1 aromatic rings. The van der Waals surface area contributed by atoms with Gasteiger partial charge in [0, 0.05) is 25.3 Å². The summed E-state index contributed by atoms with van der Waals surface area (Å²) in [6.45, 7) is 9.24. The second-order valence-corrected chi connectivity index (χ2v) is 6.63. The largest absolute Gasteiger partial charge is 0.357 e. The Morgan fingerprint density at radius 1 is 1.15 bits per heavy atom.